The molecule has 0 amide bonds. The van der Waals surface area contributed by atoms with Gasteiger partial charge in [0.2, 0.25) is 5.43 Å². The molecule has 1 aliphatic heterocycles. The Morgan fingerprint density at radius 1 is 1.30 bits per heavy atom. The van der Waals surface area contributed by atoms with Gasteiger partial charge < -0.3 is 23.7 Å². The summed E-state index contributed by atoms with van der Waals surface area (Å²) in [6.45, 7) is -0.323. The van der Waals surface area contributed by atoms with Gasteiger partial charge in [0.05, 0.1) is 17.2 Å². The lowest BCUT2D eigenvalue weighted by atomic mass is 10.1. The second-order valence-corrected chi connectivity index (χ2v) is 9.77. The second-order valence-electron chi connectivity index (χ2n) is 8.20. The third kappa shape index (κ3) is 4.78. The van der Waals surface area contributed by atoms with E-state index in [0.717, 1.165) is 12.3 Å². The van der Waals surface area contributed by atoms with Crippen molar-refractivity contribution in [3.63, 3.8) is 0 Å². The van der Waals surface area contributed by atoms with Gasteiger partial charge in [0.1, 0.15) is 11.3 Å². The minimum Gasteiger partial charge on any atom is -0.430 e. The van der Waals surface area contributed by atoms with Crippen molar-refractivity contribution in [2.75, 3.05) is 30.8 Å². The van der Waals surface area contributed by atoms with E-state index >= 15 is 4.39 Å². The summed E-state index contributed by atoms with van der Waals surface area (Å²) in [5, 5.41) is 2.79. The second kappa shape index (κ2) is 8.52. The zero-order chi connectivity index (χ0) is 24.1. The average molecular weight is 489 g/mol. The van der Waals surface area contributed by atoms with Crippen molar-refractivity contribution >= 4 is 32.7 Å². The first-order valence-electron chi connectivity index (χ1n) is 10.2. The number of benzene rings is 1. The van der Waals surface area contributed by atoms with Crippen molar-refractivity contribution in [1.82, 2.24) is 9.88 Å². The lowest BCUT2D eigenvalue weighted by molar-refractivity contribution is -0.0488. The molecule has 1 aromatic heterocycles. The van der Waals surface area contributed by atoms with Crippen molar-refractivity contribution < 1.29 is 35.3 Å². The predicted octanol–water partition coefficient (Wildman–Crippen LogP) is 1.99. The van der Waals surface area contributed by atoms with Crippen LogP contribution >= 0.6 is 0 Å². The third-order valence-corrected chi connectivity index (χ3v) is 5.93. The van der Waals surface area contributed by atoms with Crippen molar-refractivity contribution in [2.45, 2.75) is 38.5 Å². The van der Waals surface area contributed by atoms with E-state index in [2.05, 4.69) is 9.50 Å². The van der Waals surface area contributed by atoms with Crippen LogP contribution in [0.5, 0.6) is 5.75 Å². The minimum atomic E-state index is -4.23. The molecule has 0 bridgehead atoms. The topological polar surface area (TPSA) is 107 Å². The van der Waals surface area contributed by atoms with E-state index in [-0.39, 0.29) is 28.7 Å². The van der Waals surface area contributed by atoms with Crippen LogP contribution in [0.3, 0.4) is 0 Å². The molecule has 2 fully saturated rings. The Labute approximate surface area is 187 Å². The van der Waals surface area contributed by atoms with Crippen LogP contribution < -0.4 is 20.4 Å². The average Bonchev–Trinajstić information content (AvgIpc) is 3.52. The van der Waals surface area contributed by atoms with E-state index in [0.29, 0.717) is 38.7 Å². The molecule has 2 aliphatic rings. The normalized spacial score (nSPS) is 19.2. The Bertz CT molecular complexity index is 1280. The minimum absolute atomic E-state index is 0.0491. The highest BCUT2D eigenvalue weighted by molar-refractivity contribution is 7.86. The largest absolute Gasteiger partial charge is 0.430 e. The van der Waals surface area contributed by atoms with Gasteiger partial charge >= 0.3 is 22.7 Å². The molecule has 2 heterocycles. The van der Waals surface area contributed by atoms with Gasteiger partial charge in [0, 0.05) is 37.9 Å². The summed E-state index contributed by atoms with van der Waals surface area (Å²) in [4.78, 5) is 27.0. The summed E-state index contributed by atoms with van der Waals surface area (Å²) in [6.07, 6.45) is 2.94. The molecular weight excluding hydrogens is 467 g/mol. The fraction of sp³-hybridized carbons (Fsp3) is 0.500. The van der Waals surface area contributed by atoms with E-state index in [4.69, 9.17) is 4.74 Å². The zero-order valence-corrected chi connectivity index (χ0v) is 18.6. The van der Waals surface area contributed by atoms with Crippen LogP contribution in [-0.2, 0) is 14.3 Å². The van der Waals surface area contributed by atoms with Gasteiger partial charge in [0.25, 0.3) is 0 Å². The number of fused-ring (bicyclic) bond motifs is 1. The van der Waals surface area contributed by atoms with Crippen LogP contribution in [0.15, 0.2) is 17.1 Å². The molecule has 2 aromatic rings. The molecule has 1 saturated carbocycles. The van der Waals surface area contributed by atoms with Crippen LogP contribution in [0.25, 0.3) is 10.9 Å². The molecule has 1 N–H and O–H groups in total. The molecule has 1 saturated heterocycles. The van der Waals surface area contributed by atoms with Crippen LogP contribution in [0, 0.1) is 5.82 Å². The molecule has 0 radical (unpaired) electrons. The van der Waals surface area contributed by atoms with Crippen LogP contribution in [0.2, 0.25) is 0 Å². The maximum atomic E-state index is 15.3. The number of alkyl halides is 2. The number of nitrogens with one attached hydrogen (secondary N) is 1. The van der Waals surface area contributed by atoms with Crippen LogP contribution in [-0.4, -0.2) is 57.5 Å². The Morgan fingerprint density at radius 3 is 2.58 bits per heavy atom. The van der Waals surface area contributed by atoms with Crippen LogP contribution in [0.4, 0.5) is 18.9 Å². The van der Waals surface area contributed by atoms with Gasteiger partial charge in [-0.25, -0.2) is 9.18 Å². The molecule has 1 aromatic carbocycles. The highest BCUT2D eigenvalue weighted by Gasteiger charge is 2.33. The number of ether oxygens (including phenoxy) is 1. The monoisotopic (exact) mass is 489 g/mol. The maximum absolute atomic E-state index is 15.3. The number of piperazine rings is 1. The lowest BCUT2D eigenvalue weighted by Crippen LogP contribution is -2.49. The summed E-state index contributed by atoms with van der Waals surface area (Å²) in [5.41, 5.74) is -1.97. The fourth-order valence-electron chi connectivity index (χ4n) is 4.04. The van der Waals surface area contributed by atoms with Gasteiger partial charge in [-0.05, 0) is 25.8 Å². The van der Waals surface area contributed by atoms with E-state index < -0.39 is 45.3 Å². The molecule has 180 valence electrons. The SMILES string of the molecule is CC1CN(c2c(F)cc3c(=O)c(C(=O)OS(C)(=O)=O)cn(C4CC4)c3c2OC(F)F)CCN1. The highest BCUT2D eigenvalue weighted by Crippen LogP contribution is 2.44. The number of carbonyl (C=O) groups is 1. The van der Waals surface area contributed by atoms with E-state index in [1.807, 2.05) is 6.92 Å². The molecule has 4 rings (SSSR count). The van der Waals surface area contributed by atoms with Crippen molar-refractivity contribution in [3.05, 3.63) is 33.9 Å². The third-order valence-electron chi connectivity index (χ3n) is 5.48. The number of halogens is 3. The lowest BCUT2D eigenvalue weighted by Gasteiger charge is -2.35. The highest BCUT2D eigenvalue weighted by atomic mass is 32.2. The first-order valence-corrected chi connectivity index (χ1v) is 12.1. The number of aromatic nitrogens is 1. The molecule has 1 aliphatic carbocycles. The van der Waals surface area contributed by atoms with E-state index in [9.17, 15) is 26.8 Å². The molecular formula is C20H22F3N3O6S. The number of pyridine rings is 1. The quantitative estimate of drug-likeness (QED) is 0.614. The van der Waals surface area contributed by atoms with Gasteiger partial charge in [0.15, 0.2) is 11.6 Å². The predicted molar refractivity (Wildman–Crippen MR) is 113 cm³/mol. The Morgan fingerprint density at radius 2 is 2.00 bits per heavy atom. The van der Waals surface area contributed by atoms with Crippen molar-refractivity contribution in [2.24, 2.45) is 0 Å². The smallest absolute Gasteiger partial charge is 0.387 e. The summed E-state index contributed by atoms with van der Waals surface area (Å²) in [7, 11) is -4.23. The van der Waals surface area contributed by atoms with Crippen molar-refractivity contribution in [3.8, 4) is 5.75 Å². The number of carbonyl (C=O) groups excluding carboxylic acids is 1. The number of hydrogen-bond acceptors (Lipinski definition) is 8. The van der Waals surface area contributed by atoms with Crippen molar-refractivity contribution in [1.29, 1.82) is 0 Å². The summed E-state index contributed by atoms with van der Waals surface area (Å²) >= 11 is 0. The van der Waals surface area contributed by atoms with Gasteiger partial charge in [-0.3, -0.25) is 4.79 Å². The number of hydrogen-bond donors (Lipinski definition) is 1. The summed E-state index contributed by atoms with van der Waals surface area (Å²) in [6, 6.07) is 0.555. The van der Waals surface area contributed by atoms with Gasteiger partial charge in [-0.2, -0.15) is 17.2 Å². The van der Waals surface area contributed by atoms with Crippen LogP contribution in [0.1, 0.15) is 36.2 Å². The molecule has 0 spiro atoms. The molecule has 13 heteroatoms. The van der Waals surface area contributed by atoms with E-state index in [1.54, 1.807) is 4.90 Å². The molecule has 33 heavy (non-hydrogen) atoms. The standard InChI is InChI=1S/C20H22F3N3O6S/c1-10-8-25(6-5-24-10)16-14(21)7-12-15(18(16)31-20(22)23)26(11-3-4-11)9-13(17(12)27)19(28)32-33(2,29)30/h7,9-11,20,24H,3-6,8H2,1-2H3. The fourth-order valence-corrected chi connectivity index (χ4v) is 4.41. The van der Waals surface area contributed by atoms with Gasteiger partial charge in [-0.15, -0.1) is 0 Å². The first kappa shape index (κ1) is 23.4. The van der Waals surface area contributed by atoms with E-state index in [1.165, 1.54) is 4.57 Å². The number of nitrogens with zero attached hydrogens (tertiary/aromatic N) is 2. The first-order chi connectivity index (χ1) is 15.5. The Balaban J connectivity index is 2.00. The zero-order valence-electron chi connectivity index (χ0n) is 17.8. The molecule has 1 unspecified atom stereocenters. The molecule has 1 atom stereocenters. The number of anilines is 1. The Kier molecular flexibility index (Phi) is 6.03. The molecule has 9 nitrogen and oxygen atoms in total. The Hall–Kier alpha value is -2.80. The summed E-state index contributed by atoms with van der Waals surface area (Å²) < 4.78 is 75.4. The summed E-state index contributed by atoms with van der Waals surface area (Å²) in [5.74, 6) is -2.91. The maximum Gasteiger partial charge on any atom is 0.387 e. The van der Waals surface area contributed by atoms with Gasteiger partial charge in [-0.1, -0.05) is 0 Å². The number of rotatable bonds is 6.